The van der Waals surface area contributed by atoms with Gasteiger partial charge in [0.2, 0.25) is 0 Å². The molecular formula is C17H23ClN4O2S. The quantitative estimate of drug-likeness (QED) is 0.614. The zero-order chi connectivity index (χ0) is 16.9. The van der Waals surface area contributed by atoms with Gasteiger partial charge < -0.3 is 5.73 Å². The molecular weight excluding hydrogens is 360 g/mol. The number of halogens is 1. The lowest BCUT2D eigenvalue weighted by Crippen LogP contribution is -2.47. The van der Waals surface area contributed by atoms with E-state index in [9.17, 15) is 10.1 Å². The average Bonchev–Trinajstić information content (AvgIpc) is 3.05. The van der Waals surface area contributed by atoms with E-state index in [2.05, 4.69) is 15.9 Å². The summed E-state index contributed by atoms with van der Waals surface area (Å²) < 4.78 is 0. The SMILES string of the molecule is Cl.NCCN1CCN(Cc2ccc(-c3ccccc3[N+](=O)[O-])s2)CC1. The van der Waals surface area contributed by atoms with Gasteiger partial charge in [-0.1, -0.05) is 12.1 Å². The number of nitro benzene ring substituents is 1. The second-order valence-corrected chi connectivity index (χ2v) is 7.12. The largest absolute Gasteiger partial charge is 0.329 e. The van der Waals surface area contributed by atoms with Crippen molar-refractivity contribution in [1.29, 1.82) is 0 Å². The summed E-state index contributed by atoms with van der Waals surface area (Å²) in [5.41, 5.74) is 6.48. The fourth-order valence-electron chi connectivity index (χ4n) is 3.02. The van der Waals surface area contributed by atoms with Crippen molar-refractivity contribution in [1.82, 2.24) is 9.80 Å². The van der Waals surface area contributed by atoms with Crippen LogP contribution in [0.3, 0.4) is 0 Å². The Morgan fingerprint density at radius 3 is 2.44 bits per heavy atom. The Kier molecular flexibility index (Phi) is 7.34. The highest BCUT2D eigenvalue weighted by molar-refractivity contribution is 7.15. The van der Waals surface area contributed by atoms with Crippen molar-refractivity contribution >= 4 is 29.4 Å². The van der Waals surface area contributed by atoms with Gasteiger partial charge in [0.05, 0.1) is 10.5 Å². The molecule has 1 aromatic carbocycles. The number of hydrogen-bond acceptors (Lipinski definition) is 6. The summed E-state index contributed by atoms with van der Waals surface area (Å²) in [5, 5.41) is 11.2. The van der Waals surface area contributed by atoms with Crippen molar-refractivity contribution in [2.45, 2.75) is 6.54 Å². The molecule has 1 saturated heterocycles. The second kappa shape index (κ2) is 9.26. The maximum Gasteiger partial charge on any atom is 0.278 e. The van der Waals surface area contributed by atoms with Gasteiger partial charge in [0.1, 0.15) is 0 Å². The molecule has 2 aromatic rings. The smallest absolute Gasteiger partial charge is 0.278 e. The van der Waals surface area contributed by atoms with Crippen LogP contribution in [0.15, 0.2) is 36.4 Å². The fourth-order valence-corrected chi connectivity index (χ4v) is 4.11. The predicted molar refractivity (Wildman–Crippen MR) is 104 cm³/mol. The van der Waals surface area contributed by atoms with Crippen LogP contribution in [0.4, 0.5) is 5.69 Å². The molecule has 0 radical (unpaired) electrons. The van der Waals surface area contributed by atoms with Gasteiger partial charge in [0.15, 0.2) is 0 Å². The number of nitro groups is 1. The van der Waals surface area contributed by atoms with Gasteiger partial charge in [0, 0.05) is 61.6 Å². The van der Waals surface area contributed by atoms with Crippen LogP contribution in [0, 0.1) is 10.1 Å². The van der Waals surface area contributed by atoms with Crippen LogP contribution in [0.25, 0.3) is 10.4 Å². The molecule has 2 heterocycles. The first kappa shape index (κ1) is 19.8. The first-order valence-corrected chi connectivity index (χ1v) is 8.96. The topological polar surface area (TPSA) is 75.6 Å². The minimum Gasteiger partial charge on any atom is -0.329 e. The van der Waals surface area contributed by atoms with Crippen LogP contribution in [-0.2, 0) is 6.54 Å². The van der Waals surface area contributed by atoms with Crippen molar-refractivity contribution < 1.29 is 4.92 Å². The molecule has 136 valence electrons. The van der Waals surface area contributed by atoms with Crippen molar-refractivity contribution in [3.05, 3.63) is 51.4 Å². The van der Waals surface area contributed by atoms with Gasteiger partial charge in [0.25, 0.3) is 5.69 Å². The lowest BCUT2D eigenvalue weighted by atomic mass is 10.1. The lowest BCUT2D eigenvalue weighted by Gasteiger charge is -2.34. The molecule has 0 amide bonds. The number of nitrogens with zero attached hydrogens (tertiary/aromatic N) is 3. The minimum atomic E-state index is -0.314. The molecule has 0 spiro atoms. The average molecular weight is 383 g/mol. The van der Waals surface area contributed by atoms with Gasteiger partial charge >= 0.3 is 0 Å². The number of piperazine rings is 1. The monoisotopic (exact) mass is 382 g/mol. The van der Waals surface area contributed by atoms with E-state index in [0.717, 1.165) is 44.1 Å². The zero-order valence-electron chi connectivity index (χ0n) is 14.0. The Balaban J connectivity index is 0.00000225. The molecule has 1 fully saturated rings. The molecule has 6 nitrogen and oxygen atoms in total. The third-order valence-electron chi connectivity index (χ3n) is 4.32. The van der Waals surface area contributed by atoms with Gasteiger partial charge in [-0.15, -0.1) is 23.7 Å². The summed E-state index contributed by atoms with van der Waals surface area (Å²) in [6.07, 6.45) is 0. The summed E-state index contributed by atoms with van der Waals surface area (Å²) in [4.78, 5) is 17.9. The third kappa shape index (κ3) is 4.99. The van der Waals surface area contributed by atoms with Crippen LogP contribution in [-0.4, -0.2) is 54.0 Å². The molecule has 1 aromatic heterocycles. The van der Waals surface area contributed by atoms with Gasteiger partial charge in [-0.2, -0.15) is 0 Å². The van der Waals surface area contributed by atoms with Crippen LogP contribution >= 0.6 is 23.7 Å². The molecule has 1 aliphatic heterocycles. The molecule has 0 atom stereocenters. The number of benzene rings is 1. The van der Waals surface area contributed by atoms with E-state index in [0.29, 0.717) is 12.1 Å². The highest BCUT2D eigenvalue weighted by Gasteiger charge is 2.19. The molecule has 0 aliphatic carbocycles. The number of para-hydroxylation sites is 1. The van der Waals surface area contributed by atoms with Crippen LogP contribution in [0.1, 0.15) is 4.88 Å². The maximum absolute atomic E-state index is 11.2. The van der Waals surface area contributed by atoms with E-state index in [1.807, 2.05) is 18.2 Å². The van der Waals surface area contributed by atoms with E-state index in [-0.39, 0.29) is 23.0 Å². The van der Waals surface area contributed by atoms with E-state index < -0.39 is 0 Å². The van der Waals surface area contributed by atoms with Crippen LogP contribution < -0.4 is 5.73 Å². The van der Waals surface area contributed by atoms with Gasteiger partial charge in [-0.3, -0.25) is 19.9 Å². The van der Waals surface area contributed by atoms with Crippen LogP contribution in [0.2, 0.25) is 0 Å². The fraction of sp³-hybridized carbons (Fsp3) is 0.412. The van der Waals surface area contributed by atoms with Gasteiger partial charge in [-0.05, 0) is 18.2 Å². The highest BCUT2D eigenvalue weighted by Crippen LogP contribution is 2.35. The summed E-state index contributed by atoms with van der Waals surface area (Å²) in [5.74, 6) is 0. The summed E-state index contributed by atoms with van der Waals surface area (Å²) >= 11 is 1.64. The molecule has 0 bridgehead atoms. The number of rotatable bonds is 6. The van der Waals surface area contributed by atoms with E-state index in [1.165, 1.54) is 4.88 Å². The van der Waals surface area contributed by atoms with E-state index in [1.54, 1.807) is 23.5 Å². The Bertz CT molecular complexity index is 701. The Morgan fingerprint density at radius 2 is 1.76 bits per heavy atom. The molecule has 2 N–H and O–H groups in total. The standard InChI is InChI=1S/C17H22N4O2S.ClH/c18-7-8-19-9-11-20(12-10-19)13-14-5-6-17(24-14)15-3-1-2-4-16(15)21(22)23;/h1-6H,7-13,18H2;1H. The highest BCUT2D eigenvalue weighted by atomic mass is 35.5. The number of hydrogen-bond donors (Lipinski definition) is 1. The van der Waals surface area contributed by atoms with Crippen molar-refractivity contribution in [2.24, 2.45) is 5.73 Å². The third-order valence-corrected chi connectivity index (χ3v) is 5.42. The minimum absolute atomic E-state index is 0. The maximum atomic E-state index is 11.2. The molecule has 25 heavy (non-hydrogen) atoms. The molecule has 0 unspecified atom stereocenters. The Morgan fingerprint density at radius 1 is 1.08 bits per heavy atom. The summed E-state index contributed by atoms with van der Waals surface area (Å²) in [6.45, 7) is 6.77. The lowest BCUT2D eigenvalue weighted by molar-refractivity contribution is -0.384. The molecule has 3 rings (SSSR count). The number of thiophene rings is 1. The summed E-state index contributed by atoms with van der Waals surface area (Å²) in [7, 11) is 0. The van der Waals surface area contributed by atoms with E-state index >= 15 is 0 Å². The Labute approximate surface area is 157 Å². The second-order valence-electron chi connectivity index (χ2n) is 5.95. The first-order valence-electron chi connectivity index (χ1n) is 8.14. The molecule has 8 heteroatoms. The predicted octanol–water partition coefficient (Wildman–Crippen LogP) is 2.82. The molecule has 0 saturated carbocycles. The van der Waals surface area contributed by atoms with E-state index in [4.69, 9.17) is 5.73 Å². The molecule has 1 aliphatic rings. The number of nitrogens with two attached hydrogens (primary N) is 1. The van der Waals surface area contributed by atoms with Crippen LogP contribution in [0.5, 0.6) is 0 Å². The van der Waals surface area contributed by atoms with Crippen molar-refractivity contribution in [2.75, 3.05) is 39.3 Å². The first-order chi connectivity index (χ1) is 11.7. The normalized spacial score (nSPS) is 15.7. The summed E-state index contributed by atoms with van der Waals surface area (Å²) in [6, 6.07) is 11.0. The van der Waals surface area contributed by atoms with Crippen molar-refractivity contribution in [3.8, 4) is 10.4 Å². The Hall–Kier alpha value is -1.51. The van der Waals surface area contributed by atoms with Crippen molar-refractivity contribution in [3.63, 3.8) is 0 Å². The van der Waals surface area contributed by atoms with Gasteiger partial charge in [-0.25, -0.2) is 0 Å². The zero-order valence-corrected chi connectivity index (χ0v) is 15.6.